The Hall–Kier alpha value is -2.25. The fraction of sp³-hybridized carbons (Fsp3) is 0.278. The first-order chi connectivity index (χ1) is 11.7. The third-order valence-corrected chi connectivity index (χ3v) is 6.43. The Morgan fingerprint density at radius 2 is 1.80 bits per heavy atom. The number of amides is 1. The second-order valence-electron chi connectivity index (χ2n) is 6.15. The van der Waals surface area contributed by atoms with Crippen LogP contribution in [0.25, 0.3) is 11.1 Å². The van der Waals surface area contributed by atoms with Gasteiger partial charge < -0.3 is 0 Å². The fourth-order valence-electron chi connectivity index (χ4n) is 2.50. The molecule has 1 atom stereocenters. The number of aryl methyl sites for hydroxylation is 1. The monoisotopic (exact) mass is 365 g/mol. The second kappa shape index (κ2) is 7.33. The summed E-state index contributed by atoms with van der Waals surface area (Å²) < 4.78 is 35.4. The lowest BCUT2D eigenvalue weighted by Gasteiger charge is -2.25. The van der Waals surface area contributed by atoms with E-state index in [-0.39, 0.29) is 12.2 Å². The van der Waals surface area contributed by atoms with Crippen LogP contribution in [0.5, 0.6) is 0 Å². The molecule has 5 nitrogen and oxygen atoms in total. The molecule has 0 saturated heterocycles. The third-order valence-electron chi connectivity index (χ3n) is 4.40. The first kappa shape index (κ1) is 19.1. The maximum atomic E-state index is 13.3. The third kappa shape index (κ3) is 4.24. The van der Waals surface area contributed by atoms with Crippen LogP contribution < -0.4 is 5.48 Å². The normalized spacial score (nSPS) is 13.9. The number of carbonyl (C=O) groups is 1. The van der Waals surface area contributed by atoms with Crippen molar-refractivity contribution < 1.29 is 22.8 Å². The van der Waals surface area contributed by atoms with Crippen molar-refractivity contribution in [2.24, 2.45) is 0 Å². The lowest BCUT2D eigenvalue weighted by Crippen LogP contribution is -2.49. The number of halogens is 1. The van der Waals surface area contributed by atoms with E-state index in [9.17, 15) is 17.6 Å². The van der Waals surface area contributed by atoms with Crippen LogP contribution in [0.15, 0.2) is 48.5 Å². The number of hydrogen-bond donors (Lipinski definition) is 2. The lowest BCUT2D eigenvalue weighted by atomic mass is 9.97. The molecule has 0 bridgehead atoms. The highest BCUT2D eigenvalue weighted by Gasteiger charge is 2.43. The van der Waals surface area contributed by atoms with Gasteiger partial charge in [0, 0.05) is 6.26 Å². The predicted octanol–water partition coefficient (Wildman–Crippen LogP) is 2.73. The summed E-state index contributed by atoms with van der Waals surface area (Å²) in [5.74, 6) is -1.27. The summed E-state index contributed by atoms with van der Waals surface area (Å²) in [6.07, 6.45) is 1.33. The smallest absolute Gasteiger partial charge is 0.264 e. The maximum Gasteiger partial charge on any atom is 0.264 e. The molecule has 0 aliphatic carbocycles. The van der Waals surface area contributed by atoms with Gasteiger partial charge in [-0.1, -0.05) is 36.4 Å². The number of benzene rings is 2. The fourth-order valence-corrected chi connectivity index (χ4v) is 3.36. The van der Waals surface area contributed by atoms with Crippen molar-refractivity contribution in [3.8, 4) is 11.1 Å². The van der Waals surface area contributed by atoms with Crippen LogP contribution in [-0.2, 0) is 21.1 Å². The van der Waals surface area contributed by atoms with Gasteiger partial charge in [-0.2, -0.15) is 0 Å². The van der Waals surface area contributed by atoms with Crippen LogP contribution in [0.3, 0.4) is 0 Å². The van der Waals surface area contributed by atoms with Crippen LogP contribution in [0.4, 0.5) is 4.39 Å². The molecule has 0 aromatic heterocycles. The van der Waals surface area contributed by atoms with Gasteiger partial charge in [-0.15, -0.1) is 0 Å². The van der Waals surface area contributed by atoms with Gasteiger partial charge in [-0.05, 0) is 48.6 Å². The van der Waals surface area contributed by atoms with Crippen molar-refractivity contribution in [1.82, 2.24) is 5.48 Å². The largest absolute Gasteiger partial charge is 0.289 e. The average molecular weight is 365 g/mol. The predicted molar refractivity (Wildman–Crippen MR) is 93.3 cm³/mol. The maximum absolute atomic E-state index is 13.3. The van der Waals surface area contributed by atoms with E-state index in [1.807, 2.05) is 12.1 Å². The van der Waals surface area contributed by atoms with Gasteiger partial charge in [-0.25, -0.2) is 18.3 Å². The molecular weight excluding hydrogens is 345 g/mol. The molecule has 0 radical (unpaired) electrons. The molecule has 25 heavy (non-hydrogen) atoms. The number of rotatable bonds is 6. The van der Waals surface area contributed by atoms with Crippen molar-refractivity contribution in [3.05, 3.63) is 59.9 Å². The molecule has 2 aromatic carbocycles. The van der Waals surface area contributed by atoms with Crippen molar-refractivity contribution in [3.63, 3.8) is 0 Å². The van der Waals surface area contributed by atoms with Crippen molar-refractivity contribution in [2.45, 2.75) is 24.5 Å². The molecule has 1 amide bonds. The van der Waals surface area contributed by atoms with Gasteiger partial charge in [-0.3, -0.25) is 10.0 Å². The Labute approximate surface area is 146 Å². The molecule has 2 N–H and O–H groups in total. The van der Waals surface area contributed by atoms with Crippen LogP contribution >= 0.6 is 0 Å². The SMILES string of the molecule is CC(CCc1ccc(-c2cccc(F)c2)cc1)(C(=O)NO)S(C)(=O)=O. The van der Waals surface area contributed by atoms with E-state index in [2.05, 4.69) is 0 Å². The summed E-state index contributed by atoms with van der Waals surface area (Å²) in [7, 11) is -3.72. The molecule has 0 fully saturated rings. The molecule has 0 heterocycles. The molecular formula is C18H20FNO4S. The molecule has 134 valence electrons. The number of nitrogens with one attached hydrogen (secondary N) is 1. The molecule has 0 aliphatic rings. The minimum absolute atomic E-state index is 0.0253. The van der Waals surface area contributed by atoms with E-state index in [4.69, 9.17) is 5.21 Å². The molecule has 2 rings (SSSR count). The van der Waals surface area contributed by atoms with Gasteiger partial charge in [0.2, 0.25) is 0 Å². The summed E-state index contributed by atoms with van der Waals surface area (Å²) in [5, 5.41) is 8.82. The Kier molecular flexibility index (Phi) is 5.59. The van der Waals surface area contributed by atoms with Crippen LogP contribution in [0, 0.1) is 5.82 Å². The van der Waals surface area contributed by atoms with Gasteiger partial charge in [0.15, 0.2) is 9.84 Å². The zero-order valence-electron chi connectivity index (χ0n) is 14.0. The zero-order chi connectivity index (χ0) is 18.7. The summed E-state index contributed by atoms with van der Waals surface area (Å²) >= 11 is 0. The summed E-state index contributed by atoms with van der Waals surface area (Å²) in [5.41, 5.74) is 3.84. The molecule has 0 spiro atoms. The summed E-state index contributed by atoms with van der Waals surface area (Å²) in [6, 6.07) is 13.5. The highest BCUT2D eigenvalue weighted by molar-refractivity contribution is 7.92. The average Bonchev–Trinajstić information content (AvgIpc) is 2.58. The highest BCUT2D eigenvalue weighted by atomic mass is 32.2. The number of carbonyl (C=O) groups excluding carboxylic acids is 1. The van der Waals surface area contributed by atoms with E-state index < -0.39 is 20.5 Å². The standard InChI is InChI=1S/C18H20FNO4S/c1-18(17(21)20-22,25(2,23)24)11-10-13-6-8-14(9-7-13)15-4-3-5-16(19)12-15/h3-9,12,22H,10-11H2,1-2H3,(H,20,21). The zero-order valence-corrected chi connectivity index (χ0v) is 14.8. The first-order valence-corrected chi connectivity index (χ1v) is 9.55. The molecule has 1 unspecified atom stereocenters. The quantitative estimate of drug-likeness (QED) is 0.609. The molecule has 0 aliphatic heterocycles. The topological polar surface area (TPSA) is 83.5 Å². The summed E-state index contributed by atoms with van der Waals surface area (Å²) in [6.45, 7) is 1.29. The number of sulfone groups is 1. The van der Waals surface area contributed by atoms with Crippen LogP contribution in [0.2, 0.25) is 0 Å². The van der Waals surface area contributed by atoms with Gasteiger partial charge in [0.05, 0.1) is 0 Å². The van der Waals surface area contributed by atoms with Gasteiger partial charge in [0.1, 0.15) is 10.6 Å². The summed E-state index contributed by atoms with van der Waals surface area (Å²) in [4.78, 5) is 11.8. The number of hydrogen-bond acceptors (Lipinski definition) is 4. The molecule has 0 saturated carbocycles. The van der Waals surface area contributed by atoms with E-state index in [1.54, 1.807) is 24.3 Å². The van der Waals surface area contributed by atoms with E-state index in [0.717, 1.165) is 22.9 Å². The Morgan fingerprint density at radius 1 is 1.16 bits per heavy atom. The van der Waals surface area contributed by atoms with Crippen LogP contribution in [0.1, 0.15) is 18.9 Å². The molecule has 2 aromatic rings. The van der Waals surface area contributed by atoms with E-state index in [0.29, 0.717) is 6.42 Å². The minimum Gasteiger partial charge on any atom is -0.289 e. The Morgan fingerprint density at radius 3 is 2.32 bits per heavy atom. The van der Waals surface area contributed by atoms with Gasteiger partial charge >= 0.3 is 0 Å². The highest BCUT2D eigenvalue weighted by Crippen LogP contribution is 2.25. The Bertz CT molecular complexity index is 865. The van der Waals surface area contributed by atoms with E-state index >= 15 is 0 Å². The van der Waals surface area contributed by atoms with Crippen molar-refractivity contribution >= 4 is 15.7 Å². The Balaban J connectivity index is 2.17. The van der Waals surface area contributed by atoms with Gasteiger partial charge in [0.25, 0.3) is 5.91 Å². The van der Waals surface area contributed by atoms with Crippen LogP contribution in [-0.4, -0.2) is 30.5 Å². The van der Waals surface area contributed by atoms with Crippen molar-refractivity contribution in [2.75, 3.05) is 6.26 Å². The molecule has 7 heteroatoms. The minimum atomic E-state index is -3.72. The number of hydroxylamine groups is 1. The van der Waals surface area contributed by atoms with E-state index in [1.165, 1.54) is 24.5 Å². The second-order valence-corrected chi connectivity index (χ2v) is 8.60. The lowest BCUT2D eigenvalue weighted by molar-refractivity contribution is -0.131. The first-order valence-electron chi connectivity index (χ1n) is 7.66. The van der Waals surface area contributed by atoms with Crippen molar-refractivity contribution in [1.29, 1.82) is 0 Å².